The molecule has 0 radical (unpaired) electrons. The largest absolute Gasteiger partial charge is 0.472 e. The van der Waals surface area contributed by atoms with Gasteiger partial charge >= 0.3 is 0 Å². The molecule has 0 aromatic heterocycles. The SMILES string of the molecule is O=Cc1ccc2c3c(c4c(c2c1)OC(c1ccccc1)(c1ccc(N2CCCCC2)cc1)C=C4)C1(CCCCCCC1)c1ccccc1-3. The number of piperidine rings is 1. The van der Waals surface area contributed by atoms with E-state index in [0.717, 1.165) is 54.5 Å². The summed E-state index contributed by atoms with van der Waals surface area (Å²) in [5.74, 6) is 0.896. The van der Waals surface area contributed by atoms with Crippen LogP contribution in [0.1, 0.15) is 102 Å². The zero-order valence-electron chi connectivity index (χ0n) is 27.7. The molecule has 1 saturated carbocycles. The number of hydrogen-bond acceptors (Lipinski definition) is 3. The van der Waals surface area contributed by atoms with E-state index in [2.05, 4.69) is 108 Å². The molecule has 1 saturated heterocycles. The van der Waals surface area contributed by atoms with Crippen molar-refractivity contribution in [2.45, 2.75) is 75.2 Å². The minimum absolute atomic E-state index is 0.0511. The molecule has 3 nitrogen and oxygen atoms in total. The Kier molecular flexibility index (Phi) is 7.26. The van der Waals surface area contributed by atoms with Crippen LogP contribution in [-0.2, 0) is 11.0 Å². The number of carbonyl (C=O) groups excluding carboxylic acids is 1. The number of hydrogen-bond donors (Lipinski definition) is 0. The number of benzene rings is 5. The fourth-order valence-electron chi connectivity index (χ4n) is 9.53. The molecule has 5 aromatic rings. The molecule has 2 aliphatic heterocycles. The summed E-state index contributed by atoms with van der Waals surface area (Å²) in [5.41, 5.74) is 10.1. The van der Waals surface area contributed by atoms with Crippen molar-refractivity contribution in [1.29, 1.82) is 0 Å². The van der Waals surface area contributed by atoms with Crippen molar-refractivity contribution in [2.24, 2.45) is 0 Å². The van der Waals surface area contributed by atoms with Gasteiger partial charge in [-0.2, -0.15) is 0 Å². The van der Waals surface area contributed by atoms with Gasteiger partial charge in [-0.1, -0.05) is 117 Å². The molecule has 1 unspecified atom stereocenters. The van der Waals surface area contributed by atoms with Crippen molar-refractivity contribution >= 4 is 28.8 Å². The third kappa shape index (κ3) is 4.50. The molecule has 0 amide bonds. The molecule has 0 bridgehead atoms. The van der Waals surface area contributed by atoms with Crippen LogP contribution in [-0.4, -0.2) is 19.4 Å². The highest BCUT2D eigenvalue weighted by atomic mass is 16.5. The van der Waals surface area contributed by atoms with Gasteiger partial charge in [0.1, 0.15) is 12.0 Å². The van der Waals surface area contributed by atoms with E-state index in [1.807, 2.05) is 6.07 Å². The Morgan fingerprint density at radius 1 is 0.667 bits per heavy atom. The third-order valence-electron chi connectivity index (χ3n) is 11.8. The first kappa shape index (κ1) is 29.5. The highest BCUT2D eigenvalue weighted by Gasteiger charge is 2.48. The lowest BCUT2D eigenvalue weighted by molar-refractivity contribution is 0.112. The Morgan fingerprint density at radius 3 is 2.12 bits per heavy atom. The lowest BCUT2D eigenvalue weighted by atomic mass is 9.67. The average Bonchev–Trinajstić information content (AvgIpc) is 3.44. The van der Waals surface area contributed by atoms with Crippen LogP contribution in [0.2, 0.25) is 0 Å². The van der Waals surface area contributed by atoms with Gasteiger partial charge in [-0.3, -0.25) is 4.79 Å². The zero-order chi connectivity index (χ0) is 32.1. The minimum atomic E-state index is -0.813. The summed E-state index contributed by atoms with van der Waals surface area (Å²) in [6.45, 7) is 2.24. The number of ether oxygens (including phenoxy) is 1. The van der Waals surface area contributed by atoms with E-state index in [4.69, 9.17) is 4.74 Å². The summed E-state index contributed by atoms with van der Waals surface area (Å²) >= 11 is 0. The van der Waals surface area contributed by atoms with Gasteiger partial charge in [0.15, 0.2) is 5.60 Å². The van der Waals surface area contributed by atoms with Gasteiger partial charge in [0.2, 0.25) is 0 Å². The van der Waals surface area contributed by atoms with Gasteiger partial charge in [-0.15, -0.1) is 0 Å². The van der Waals surface area contributed by atoms with Crippen molar-refractivity contribution in [2.75, 3.05) is 18.0 Å². The quantitative estimate of drug-likeness (QED) is 0.185. The highest BCUT2D eigenvalue weighted by Crippen LogP contribution is 2.61. The summed E-state index contributed by atoms with van der Waals surface area (Å²) in [7, 11) is 0. The lowest BCUT2D eigenvalue weighted by Crippen LogP contribution is -2.35. The monoisotopic (exact) mass is 629 g/mol. The molecule has 48 heavy (non-hydrogen) atoms. The summed E-state index contributed by atoms with van der Waals surface area (Å²) < 4.78 is 7.59. The molecule has 240 valence electrons. The van der Waals surface area contributed by atoms with Crippen LogP contribution >= 0.6 is 0 Å². The number of carbonyl (C=O) groups is 1. The second-order valence-corrected chi connectivity index (χ2v) is 14.4. The molecule has 5 aromatic carbocycles. The normalized spacial score (nSPS) is 21.1. The van der Waals surface area contributed by atoms with Crippen LogP contribution < -0.4 is 9.64 Å². The summed E-state index contributed by atoms with van der Waals surface area (Å²) in [4.78, 5) is 14.8. The Morgan fingerprint density at radius 2 is 1.35 bits per heavy atom. The molecule has 2 heterocycles. The van der Waals surface area contributed by atoms with Gasteiger partial charge in [-0.25, -0.2) is 0 Å². The highest BCUT2D eigenvalue weighted by molar-refractivity contribution is 6.09. The van der Waals surface area contributed by atoms with Gasteiger partial charge in [0.05, 0.1) is 0 Å². The van der Waals surface area contributed by atoms with E-state index in [-0.39, 0.29) is 5.41 Å². The van der Waals surface area contributed by atoms with Crippen molar-refractivity contribution in [3.05, 3.63) is 137 Å². The summed E-state index contributed by atoms with van der Waals surface area (Å²) in [6.07, 6.45) is 18.1. The van der Waals surface area contributed by atoms with Crippen LogP contribution in [0.15, 0.2) is 103 Å². The van der Waals surface area contributed by atoms with Crippen LogP contribution in [0.5, 0.6) is 5.75 Å². The fraction of sp³-hybridized carbons (Fsp3) is 0.311. The molecule has 1 spiro atoms. The number of nitrogens with zero attached hydrogens (tertiary/aromatic N) is 1. The van der Waals surface area contributed by atoms with Crippen molar-refractivity contribution in [3.8, 4) is 16.9 Å². The maximum absolute atomic E-state index is 12.2. The Balaban J connectivity index is 1.29. The molecule has 9 rings (SSSR count). The first-order valence-corrected chi connectivity index (χ1v) is 18.2. The maximum Gasteiger partial charge on any atom is 0.178 e. The van der Waals surface area contributed by atoms with Crippen LogP contribution in [0, 0.1) is 0 Å². The number of aldehydes is 1. The Bertz CT molecular complexity index is 2030. The molecule has 2 aliphatic carbocycles. The van der Waals surface area contributed by atoms with Crippen molar-refractivity contribution in [3.63, 3.8) is 0 Å². The second kappa shape index (κ2) is 11.8. The van der Waals surface area contributed by atoms with E-state index in [0.29, 0.717) is 5.56 Å². The van der Waals surface area contributed by atoms with Crippen molar-refractivity contribution in [1.82, 2.24) is 0 Å². The molecule has 3 heteroatoms. The fourth-order valence-corrected chi connectivity index (χ4v) is 9.53. The molecule has 2 fully saturated rings. The summed E-state index contributed by atoms with van der Waals surface area (Å²) in [5, 5.41) is 2.19. The smallest absolute Gasteiger partial charge is 0.178 e. The zero-order valence-corrected chi connectivity index (χ0v) is 27.7. The molecular weight excluding hydrogens is 587 g/mol. The first-order chi connectivity index (χ1) is 23.7. The van der Waals surface area contributed by atoms with Gasteiger partial charge < -0.3 is 9.64 Å². The molecular formula is C45H43NO2. The van der Waals surface area contributed by atoms with Crippen LogP contribution in [0.25, 0.3) is 28.0 Å². The first-order valence-electron chi connectivity index (χ1n) is 18.2. The van der Waals surface area contributed by atoms with Gasteiger partial charge in [0, 0.05) is 51.8 Å². The second-order valence-electron chi connectivity index (χ2n) is 14.4. The molecule has 1 atom stereocenters. The number of rotatable bonds is 4. The average molecular weight is 630 g/mol. The van der Waals surface area contributed by atoms with E-state index in [1.54, 1.807) is 0 Å². The third-order valence-corrected chi connectivity index (χ3v) is 11.8. The predicted molar refractivity (Wildman–Crippen MR) is 197 cm³/mol. The summed E-state index contributed by atoms with van der Waals surface area (Å²) in [6, 6.07) is 35.1. The minimum Gasteiger partial charge on any atom is -0.472 e. The van der Waals surface area contributed by atoms with E-state index in [1.165, 1.54) is 90.3 Å². The molecule has 0 N–H and O–H groups in total. The Labute approximate surface area is 284 Å². The van der Waals surface area contributed by atoms with Crippen LogP contribution in [0.4, 0.5) is 5.69 Å². The lowest BCUT2D eigenvalue weighted by Gasteiger charge is -2.40. The number of fused-ring (bicyclic) bond motifs is 10. The van der Waals surface area contributed by atoms with E-state index in [9.17, 15) is 4.79 Å². The van der Waals surface area contributed by atoms with Crippen molar-refractivity contribution < 1.29 is 9.53 Å². The topological polar surface area (TPSA) is 29.5 Å². The van der Waals surface area contributed by atoms with E-state index >= 15 is 0 Å². The molecule has 4 aliphatic rings. The van der Waals surface area contributed by atoms with Crippen LogP contribution in [0.3, 0.4) is 0 Å². The Hall–Kier alpha value is -4.63. The predicted octanol–water partition coefficient (Wildman–Crippen LogP) is 11.0. The van der Waals surface area contributed by atoms with Gasteiger partial charge in [0.25, 0.3) is 0 Å². The van der Waals surface area contributed by atoms with Gasteiger partial charge in [-0.05, 0) is 84.0 Å². The maximum atomic E-state index is 12.2. The standard InChI is InChI=1S/C45H43NO2/c47-31-32-18-23-36-39(30-32)43-38(42-41(36)37-16-8-9-17-40(37)44(42)25-10-2-1-3-11-26-44)24-27-45(48-43,33-14-6-4-7-15-33)34-19-21-35(22-20-34)46-28-12-5-13-29-46/h4,6-9,14-24,27,30-31H,1-3,5,10-13,25-26,28-29H2. The van der Waals surface area contributed by atoms with E-state index < -0.39 is 5.60 Å². The number of anilines is 1.